The van der Waals surface area contributed by atoms with E-state index in [9.17, 15) is 4.79 Å². The summed E-state index contributed by atoms with van der Waals surface area (Å²) < 4.78 is 10.2. The largest absolute Gasteiger partial charge is 0.508 e. The van der Waals surface area contributed by atoms with Gasteiger partial charge in [-0.3, -0.25) is 9.80 Å². The second-order valence-electron chi connectivity index (χ2n) is 5.13. The summed E-state index contributed by atoms with van der Waals surface area (Å²) in [7, 11) is 0. The number of carbonyl (C=O) groups excluding carboxylic acids is 1. The molecular weight excluding hydrogens is 260 g/mol. The van der Waals surface area contributed by atoms with Gasteiger partial charge in [0.05, 0.1) is 0 Å². The molecular formula is C13H26N4O3. The lowest BCUT2D eigenvalue weighted by Gasteiger charge is -2.27. The van der Waals surface area contributed by atoms with Crippen LogP contribution in [-0.2, 0) is 9.47 Å². The van der Waals surface area contributed by atoms with Gasteiger partial charge in [0.2, 0.25) is 0 Å². The summed E-state index contributed by atoms with van der Waals surface area (Å²) in [6.45, 7) is 10.5. The summed E-state index contributed by atoms with van der Waals surface area (Å²) in [5, 5.41) is 6.58. The van der Waals surface area contributed by atoms with Crippen molar-refractivity contribution in [3.05, 3.63) is 0 Å². The van der Waals surface area contributed by atoms with Crippen molar-refractivity contribution in [3.63, 3.8) is 0 Å². The summed E-state index contributed by atoms with van der Waals surface area (Å²) in [4.78, 5) is 16.0. The predicted octanol–water partition coefficient (Wildman–Crippen LogP) is -1.05. The van der Waals surface area contributed by atoms with Crippen LogP contribution in [0.1, 0.15) is 0 Å². The van der Waals surface area contributed by atoms with E-state index in [0.717, 1.165) is 65.4 Å². The molecule has 7 nitrogen and oxygen atoms in total. The first kappa shape index (κ1) is 15.5. The molecule has 0 amide bonds. The third-order valence-corrected chi connectivity index (χ3v) is 3.67. The summed E-state index contributed by atoms with van der Waals surface area (Å²) in [5.41, 5.74) is 0. The van der Waals surface area contributed by atoms with E-state index in [1.807, 2.05) is 0 Å². The Hall–Kier alpha value is -0.890. The highest BCUT2D eigenvalue weighted by molar-refractivity contribution is 5.59. The minimum Gasteiger partial charge on any atom is -0.433 e. The third kappa shape index (κ3) is 6.04. The van der Waals surface area contributed by atoms with Crippen molar-refractivity contribution >= 4 is 6.16 Å². The normalized spacial score (nSPS) is 21.6. The van der Waals surface area contributed by atoms with Crippen LogP contribution in [-0.4, -0.2) is 94.6 Å². The molecule has 20 heavy (non-hydrogen) atoms. The summed E-state index contributed by atoms with van der Waals surface area (Å²) in [6, 6.07) is 0. The molecule has 0 bridgehead atoms. The van der Waals surface area contributed by atoms with Crippen LogP contribution in [0.3, 0.4) is 0 Å². The first-order valence-corrected chi connectivity index (χ1v) is 7.50. The van der Waals surface area contributed by atoms with Crippen molar-refractivity contribution in [1.29, 1.82) is 0 Å². The minimum atomic E-state index is -0.546. The monoisotopic (exact) mass is 286 g/mol. The Morgan fingerprint density at radius 1 is 0.800 bits per heavy atom. The molecule has 2 heterocycles. The van der Waals surface area contributed by atoms with Crippen LogP contribution in [0.5, 0.6) is 0 Å². The molecule has 0 aromatic carbocycles. The van der Waals surface area contributed by atoms with E-state index in [2.05, 4.69) is 20.4 Å². The molecule has 0 unspecified atom stereocenters. The number of carbonyl (C=O) groups is 1. The highest BCUT2D eigenvalue weighted by atomic mass is 16.7. The van der Waals surface area contributed by atoms with Gasteiger partial charge >= 0.3 is 6.16 Å². The van der Waals surface area contributed by atoms with Gasteiger partial charge in [0.15, 0.2) is 0 Å². The SMILES string of the molecule is O=C(OCCN1CCNCC1)OCCN1CCNCC1. The van der Waals surface area contributed by atoms with Gasteiger partial charge in [-0.1, -0.05) is 0 Å². The molecule has 2 fully saturated rings. The topological polar surface area (TPSA) is 66.1 Å². The van der Waals surface area contributed by atoms with Crippen molar-refractivity contribution < 1.29 is 14.3 Å². The zero-order chi connectivity index (χ0) is 14.0. The van der Waals surface area contributed by atoms with Gasteiger partial charge in [-0.25, -0.2) is 4.79 Å². The lowest BCUT2D eigenvalue weighted by Crippen LogP contribution is -2.45. The van der Waals surface area contributed by atoms with E-state index in [4.69, 9.17) is 9.47 Å². The lowest BCUT2D eigenvalue weighted by atomic mass is 10.4. The Kier molecular flexibility index (Phi) is 7.07. The van der Waals surface area contributed by atoms with Crippen LogP contribution in [0.25, 0.3) is 0 Å². The molecule has 2 aliphatic heterocycles. The number of nitrogens with one attached hydrogen (secondary N) is 2. The Balaban J connectivity index is 1.45. The second-order valence-corrected chi connectivity index (χ2v) is 5.13. The highest BCUT2D eigenvalue weighted by Gasteiger charge is 2.12. The van der Waals surface area contributed by atoms with Crippen LogP contribution < -0.4 is 10.6 Å². The summed E-state index contributed by atoms with van der Waals surface area (Å²) in [6.07, 6.45) is -0.546. The highest BCUT2D eigenvalue weighted by Crippen LogP contribution is 1.95. The zero-order valence-corrected chi connectivity index (χ0v) is 12.1. The van der Waals surface area contributed by atoms with Gasteiger partial charge < -0.3 is 20.1 Å². The summed E-state index contributed by atoms with van der Waals surface area (Å²) >= 11 is 0. The fourth-order valence-corrected chi connectivity index (χ4v) is 2.43. The molecule has 2 N–H and O–H groups in total. The van der Waals surface area contributed by atoms with E-state index in [1.165, 1.54) is 0 Å². The number of piperazine rings is 2. The lowest BCUT2D eigenvalue weighted by molar-refractivity contribution is 0.0399. The Morgan fingerprint density at radius 3 is 1.60 bits per heavy atom. The van der Waals surface area contributed by atoms with E-state index in [0.29, 0.717) is 13.2 Å². The maximum Gasteiger partial charge on any atom is 0.508 e. The van der Waals surface area contributed by atoms with Crippen LogP contribution in [0.2, 0.25) is 0 Å². The maximum atomic E-state index is 11.4. The number of nitrogens with zero attached hydrogens (tertiary/aromatic N) is 2. The standard InChI is InChI=1S/C13H26N4O3/c18-13(19-11-9-16-5-1-14-2-6-16)20-12-10-17-7-3-15-4-8-17/h14-15H,1-12H2. The Morgan fingerprint density at radius 2 is 1.20 bits per heavy atom. The quantitative estimate of drug-likeness (QED) is 0.604. The first-order chi connectivity index (χ1) is 9.84. The van der Waals surface area contributed by atoms with E-state index < -0.39 is 6.16 Å². The first-order valence-electron chi connectivity index (χ1n) is 7.50. The van der Waals surface area contributed by atoms with Crippen LogP contribution in [0.4, 0.5) is 4.79 Å². The van der Waals surface area contributed by atoms with Crippen LogP contribution in [0.15, 0.2) is 0 Å². The van der Waals surface area contributed by atoms with Crippen molar-refractivity contribution in [2.24, 2.45) is 0 Å². The molecule has 7 heteroatoms. The number of ether oxygens (including phenoxy) is 2. The van der Waals surface area contributed by atoms with E-state index in [1.54, 1.807) is 0 Å². The molecule has 0 aromatic rings. The van der Waals surface area contributed by atoms with Crippen LogP contribution >= 0.6 is 0 Å². The molecule has 0 radical (unpaired) electrons. The predicted molar refractivity (Wildman–Crippen MR) is 75.9 cm³/mol. The Bertz CT molecular complexity index is 253. The smallest absolute Gasteiger partial charge is 0.433 e. The molecule has 0 atom stereocenters. The van der Waals surface area contributed by atoms with Crippen LogP contribution in [0, 0.1) is 0 Å². The van der Waals surface area contributed by atoms with E-state index >= 15 is 0 Å². The van der Waals surface area contributed by atoms with Gasteiger partial charge in [0.25, 0.3) is 0 Å². The van der Waals surface area contributed by atoms with E-state index in [-0.39, 0.29) is 0 Å². The molecule has 2 saturated heterocycles. The fourth-order valence-electron chi connectivity index (χ4n) is 2.43. The average Bonchev–Trinajstić information content (AvgIpc) is 2.49. The second kappa shape index (κ2) is 9.12. The molecule has 0 aliphatic carbocycles. The maximum absolute atomic E-state index is 11.4. The van der Waals surface area contributed by atoms with Gasteiger partial charge in [-0.05, 0) is 0 Å². The van der Waals surface area contributed by atoms with Gasteiger partial charge in [0.1, 0.15) is 13.2 Å². The molecule has 2 aliphatic rings. The molecule has 0 aromatic heterocycles. The Labute approximate surface area is 120 Å². The fraction of sp³-hybridized carbons (Fsp3) is 0.923. The van der Waals surface area contributed by atoms with Gasteiger partial charge in [0, 0.05) is 65.4 Å². The zero-order valence-electron chi connectivity index (χ0n) is 12.1. The number of hydrogen-bond donors (Lipinski definition) is 2. The number of hydrogen-bond acceptors (Lipinski definition) is 7. The van der Waals surface area contributed by atoms with Crippen molar-refractivity contribution in [3.8, 4) is 0 Å². The summed E-state index contributed by atoms with van der Waals surface area (Å²) in [5.74, 6) is 0. The molecule has 0 saturated carbocycles. The molecule has 0 spiro atoms. The number of rotatable bonds is 6. The minimum absolute atomic E-state index is 0.409. The van der Waals surface area contributed by atoms with Gasteiger partial charge in [-0.2, -0.15) is 0 Å². The van der Waals surface area contributed by atoms with Crippen molar-refractivity contribution in [1.82, 2.24) is 20.4 Å². The average molecular weight is 286 g/mol. The third-order valence-electron chi connectivity index (χ3n) is 3.67. The van der Waals surface area contributed by atoms with Crippen molar-refractivity contribution in [2.45, 2.75) is 0 Å². The molecule has 2 rings (SSSR count). The van der Waals surface area contributed by atoms with Crippen molar-refractivity contribution in [2.75, 3.05) is 78.7 Å². The van der Waals surface area contributed by atoms with Gasteiger partial charge in [-0.15, -0.1) is 0 Å². The molecule has 116 valence electrons.